The molecule has 1 aliphatic rings. The first-order valence-electron chi connectivity index (χ1n) is 5.78. The summed E-state index contributed by atoms with van der Waals surface area (Å²) < 4.78 is 31.3. The first-order valence-corrected chi connectivity index (χ1v) is 7.22. The Bertz CT molecular complexity index is 501. The molecule has 0 radical (unpaired) electrons. The minimum atomic E-state index is -3.46. The van der Waals surface area contributed by atoms with Gasteiger partial charge in [0.1, 0.15) is 4.90 Å². The Morgan fingerprint density at radius 1 is 1.50 bits per heavy atom. The number of rotatable bonds is 3. The number of hydrogen-bond acceptors (Lipinski definition) is 5. The lowest BCUT2D eigenvalue weighted by atomic mass is 10.3. The van der Waals surface area contributed by atoms with Crippen molar-refractivity contribution < 1.29 is 13.2 Å². The number of aromatic nitrogens is 1. The number of sulfonamides is 1. The van der Waals surface area contributed by atoms with Gasteiger partial charge >= 0.3 is 0 Å². The Kier molecular flexibility index (Phi) is 3.84. The monoisotopic (exact) mass is 271 g/mol. The average molecular weight is 271 g/mol. The highest BCUT2D eigenvalue weighted by molar-refractivity contribution is 7.89. The molecule has 1 aromatic heterocycles. The van der Waals surface area contributed by atoms with Crippen LogP contribution in [0.15, 0.2) is 23.2 Å². The van der Waals surface area contributed by atoms with Gasteiger partial charge in [0.2, 0.25) is 15.9 Å². The summed E-state index contributed by atoms with van der Waals surface area (Å²) in [4.78, 5) is 4.15. The predicted molar refractivity (Wildman–Crippen MR) is 67.0 cm³/mol. The number of hydrogen-bond donors (Lipinski definition) is 1. The largest absolute Gasteiger partial charge is 0.481 e. The van der Waals surface area contributed by atoms with Crippen molar-refractivity contribution in [1.82, 2.24) is 14.6 Å². The van der Waals surface area contributed by atoms with E-state index in [4.69, 9.17) is 4.74 Å². The van der Waals surface area contributed by atoms with Crippen LogP contribution in [0.5, 0.6) is 5.88 Å². The van der Waals surface area contributed by atoms with Gasteiger partial charge in [-0.1, -0.05) is 0 Å². The van der Waals surface area contributed by atoms with Crippen molar-refractivity contribution in [3.63, 3.8) is 0 Å². The molecular formula is C11H17N3O3S. The van der Waals surface area contributed by atoms with Gasteiger partial charge in [-0.15, -0.1) is 0 Å². The van der Waals surface area contributed by atoms with E-state index in [0.717, 1.165) is 0 Å². The molecule has 0 amide bonds. The van der Waals surface area contributed by atoms with Gasteiger partial charge < -0.3 is 10.1 Å². The normalized spacial score (nSPS) is 21.8. The minimum Gasteiger partial charge on any atom is -0.481 e. The van der Waals surface area contributed by atoms with Gasteiger partial charge in [0, 0.05) is 31.7 Å². The summed E-state index contributed by atoms with van der Waals surface area (Å²) in [6.07, 6.45) is 1.34. The molecule has 0 aromatic carbocycles. The van der Waals surface area contributed by atoms with Crippen molar-refractivity contribution in [2.45, 2.75) is 17.9 Å². The van der Waals surface area contributed by atoms with Crippen LogP contribution in [-0.4, -0.2) is 50.5 Å². The maximum absolute atomic E-state index is 12.4. The van der Waals surface area contributed by atoms with Crippen LogP contribution in [0.4, 0.5) is 0 Å². The van der Waals surface area contributed by atoms with Crippen molar-refractivity contribution in [2.24, 2.45) is 0 Å². The van der Waals surface area contributed by atoms with Crippen LogP contribution < -0.4 is 10.1 Å². The van der Waals surface area contributed by atoms with Crippen molar-refractivity contribution in [2.75, 3.05) is 26.7 Å². The Balaban J connectivity index is 2.28. The van der Waals surface area contributed by atoms with Crippen LogP contribution in [0, 0.1) is 0 Å². The highest BCUT2D eigenvalue weighted by Crippen LogP contribution is 2.19. The molecular weight excluding hydrogens is 254 g/mol. The van der Waals surface area contributed by atoms with Crippen LogP contribution >= 0.6 is 0 Å². The van der Waals surface area contributed by atoms with Gasteiger partial charge in [-0.05, 0) is 13.0 Å². The van der Waals surface area contributed by atoms with E-state index in [9.17, 15) is 8.42 Å². The standard InChI is InChI=1S/C11H17N3O3S/c1-9-7-12-5-6-14(9)18(15,16)10-3-4-11(17-2)13-8-10/h3-4,8-9,12H,5-7H2,1-2H3/t9-/m1/s1. The lowest BCUT2D eigenvalue weighted by molar-refractivity contribution is 0.283. The van der Waals surface area contributed by atoms with Crippen molar-refractivity contribution in [3.8, 4) is 5.88 Å². The van der Waals surface area contributed by atoms with Crippen LogP contribution in [0.1, 0.15) is 6.92 Å². The molecule has 0 unspecified atom stereocenters. The molecule has 0 saturated carbocycles. The maximum Gasteiger partial charge on any atom is 0.244 e. The van der Waals surface area contributed by atoms with E-state index in [1.54, 1.807) is 6.07 Å². The van der Waals surface area contributed by atoms with Crippen molar-refractivity contribution in [1.29, 1.82) is 0 Å². The number of piperazine rings is 1. The van der Waals surface area contributed by atoms with Gasteiger partial charge in [-0.3, -0.25) is 0 Å². The van der Waals surface area contributed by atoms with E-state index in [1.165, 1.54) is 23.7 Å². The lowest BCUT2D eigenvalue weighted by Gasteiger charge is -2.32. The second-order valence-electron chi connectivity index (χ2n) is 4.21. The van der Waals surface area contributed by atoms with E-state index in [1.807, 2.05) is 6.92 Å². The number of nitrogens with zero attached hydrogens (tertiary/aromatic N) is 2. The molecule has 18 heavy (non-hydrogen) atoms. The van der Waals surface area contributed by atoms with Crippen LogP contribution in [0.3, 0.4) is 0 Å². The zero-order valence-corrected chi connectivity index (χ0v) is 11.3. The molecule has 1 N–H and O–H groups in total. The molecule has 1 saturated heterocycles. The SMILES string of the molecule is COc1ccc(S(=O)(=O)N2CCNC[C@H]2C)cn1. The van der Waals surface area contributed by atoms with Gasteiger partial charge in [-0.2, -0.15) is 4.31 Å². The van der Waals surface area contributed by atoms with E-state index < -0.39 is 10.0 Å². The number of ether oxygens (including phenoxy) is 1. The van der Waals surface area contributed by atoms with Crippen LogP contribution in [-0.2, 0) is 10.0 Å². The molecule has 1 fully saturated rings. The van der Waals surface area contributed by atoms with Gasteiger partial charge in [0.25, 0.3) is 0 Å². The summed E-state index contributed by atoms with van der Waals surface area (Å²) in [7, 11) is -1.97. The van der Waals surface area contributed by atoms with Crippen molar-refractivity contribution in [3.05, 3.63) is 18.3 Å². The average Bonchev–Trinajstić information content (AvgIpc) is 2.39. The molecule has 100 valence electrons. The number of nitrogens with one attached hydrogen (secondary N) is 1. The van der Waals surface area contributed by atoms with E-state index in [2.05, 4.69) is 10.3 Å². The quantitative estimate of drug-likeness (QED) is 0.842. The van der Waals surface area contributed by atoms with Gasteiger partial charge in [-0.25, -0.2) is 13.4 Å². The third-order valence-corrected chi connectivity index (χ3v) is 4.96. The summed E-state index contributed by atoms with van der Waals surface area (Å²) in [6.45, 7) is 3.71. The first-order chi connectivity index (χ1) is 8.55. The third-order valence-electron chi connectivity index (χ3n) is 2.97. The summed E-state index contributed by atoms with van der Waals surface area (Å²) in [5, 5.41) is 3.16. The Hall–Kier alpha value is -1.18. The molecule has 2 rings (SSSR count). The van der Waals surface area contributed by atoms with Gasteiger partial charge in [0.15, 0.2) is 0 Å². The smallest absolute Gasteiger partial charge is 0.244 e. The second kappa shape index (κ2) is 5.21. The summed E-state index contributed by atoms with van der Waals surface area (Å²) in [6, 6.07) is 3.03. The Morgan fingerprint density at radius 2 is 2.28 bits per heavy atom. The summed E-state index contributed by atoms with van der Waals surface area (Å²) >= 11 is 0. The first kappa shape index (κ1) is 13.3. The zero-order valence-electron chi connectivity index (χ0n) is 10.5. The number of methoxy groups -OCH3 is 1. The molecule has 0 spiro atoms. The molecule has 0 aliphatic carbocycles. The molecule has 6 nitrogen and oxygen atoms in total. The van der Waals surface area contributed by atoms with Crippen LogP contribution in [0.2, 0.25) is 0 Å². The topological polar surface area (TPSA) is 71.5 Å². The van der Waals surface area contributed by atoms with Gasteiger partial charge in [0.05, 0.1) is 13.3 Å². The fraction of sp³-hybridized carbons (Fsp3) is 0.545. The zero-order chi connectivity index (χ0) is 13.2. The third kappa shape index (κ3) is 2.47. The highest BCUT2D eigenvalue weighted by Gasteiger charge is 2.30. The fourth-order valence-corrected chi connectivity index (χ4v) is 3.53. The Morgan fingerprint density at radius 3 is 2.83 bits per heavy atom. The van der Waals surface area contributed by atoms with E-state index in [0.29, 0.717) is 25.5 Å². The van der Waals surface area contributed by atoms with E-state index >= 15 is 0 Å². The maximum atomic E-state index is 12.4. The molecule has 7 heteroatoms. The summed E-state index contributed by atoms with van der Waals surface area (Å²) in [5.74, 6) is 0.405. The Labute approximate surface area is 107 Å². The fourth-order valence-electron chi connectivity index (χ4n) is 1.95. The summed E-state index contributed by atoms with van der Waals surface area (Å²) in [5.41, 5.74) is 0. The minimum absolute atomic E-state index is 0.0501. The van der Waals surface area contributed by atoms with Crippen molar-refractivity contribution >= 4 is 10.0 Å². The van der Waals surface area contributed by atoms with Crippen LogP contribution in [0.25, 0.3) is 0 Å². The lowest BCUT2D eigenvalue weighted by Crippen LogP contribution is -2.52. The molecule has 2 heterocycles. The predicted octanol–water partition coefficient (Wildman–Crippen LogP) is 0.0726. The number of pyridine rings is 1. The highest BCUT2D eigenvalue weighted by atomic mass is 32.2. The molecule has 1 aromatic rings. The molecule has 1 atom stereocenters. The second-order valence-corrected chi connectivity index (χ2v) is 6.10. The van der Waals surface area contributed by atoms with E-state index in [-0.39, 0.29) is 10.9 Å². The molecule has 1 aliphatic heterocycles. The molecule has 0 bridgehead atoms.